The van der Waals surface area contributed by atoms with Gasteiger partial charge in [-0.3, -0.25) is 4.79 Å². The van der Waals surface area contributed by atoms with Gasteiger partial charge in [-0.1, -0.05) is 13.3 Å². The van der Waals surface area contributed by atoms with Crippen molar-refractivity contribution in [3.05, 3.63) is 0 Å². The van der Waals surface area contributed by atoms with Gasteiger partial charge in [0.1, 0.15) is 0 Å². The summed E-state index contributed by atoms with van der Waals surface area (Å²) in [6.45, 7) is 4.06. The first kappa shape index (κ1) is 10.9. The molecule has 1 unspecified atom stereocenters. The smallest absolute Gasteiger partial charge is 0.230 e. The Hall–Kier alpha value is -0.570. The molecule has 86 valence electrons. The van der Waals surface area contributed by atoms with Gasteiger partial charge < -0.3 is 10.2 Å². The van der Waals surface area contributed by atoms with Crippen molar-refractivity contribution in [1.82, 2.24) is 10.2 Å². The van der Waals surface area contributed by atoms with Crippen molar-refractivity contribution in [3.63, 3.8) is 0 Å². The number of carbonyl (C=O) groups is 1. The van der Waals surface area contributed by atoms with Crippen LogP contribution in [-0.4, -0.2) is 37.0 Å². The molecule has 1 aliphatic heterocycles. The van der Waals surface area contributed by atoms with Crippen LogP contribution in [0.1, 0.15) is 39.0 Å². The Morgan fingerprint density at radius 2 is 2.27 bits per heavy atom. The lowest BCUT2D eigenvalue weighted by Crippen LogP contribution is -2.44. The van der Waals surface area contributed by atoms with Gasteiger partial charge in [0.05, 0.1) is 5.41 Å². The Morgan fingerprint density at radius 1 is 1.53 bits per heavy atom. The molecule has 3 nitrogen and oxygen atoms in total. The topological polar surface area (TPSA) is 32.3 Å². The summed E-state index contributed by atoms with van der Waals surface area (Å²) >= 11 is 0. The molecule has 1 aliphatic carbocycles. The molecular formula is C12H22N2O. The van der Waals surface area contributed by atoms with Crippen molar-refractivity contribution >= 4 is 5.91 Å². The Labute approximate surface area is 92.2 Å². The van der Waals surface area contributed by atoms with Crippen molar-refractivity contribution in [1.29, 1.82) is 0 Å². The predicted molar refractivity (Wildman–Crippen MR) is 60.6 cm³/mol. The Balaban J connectivity index is 2.05. The molecule has 2 rings (SSSR count). The van der Waals surface area contributed by atoms with Crippen molar-refractivity contribution in [2.45, 2.75) is 45.1 Å². The minimum atomic E-state index is -0.0773. The van der Waals surface area contributed by atoms with Gasteiger partial charge in [-0.05, 0) is 32.2 Å². The standard InChI is InChI=1S/C12H22N2O/c1-3-6-12(7-8-13-9-12)11(15)14(2)10-4-5-10/h10,13H,3-9H2,1-2H3. The summed E-state index contributed by atoms with van der Waals surface area (Å²) in [5.74, 6) is 0.386. The van der Waals surface area contributed by atoms with E-state index in [-0.39, 0.29) is 5.41 Å². The Bertz CT molecular complexity index is 242. The summed E-state index contributed by atoms with van der Waals surface area (Å²) in [5, 5.41) is 3.35. The van der Waals surface area contributed by atoms with E-state index in [4.69, 9.17) is 0 Å². The summed E-state index contributed by atoms with van der Waals surface area (Å²) in [5.41, 5.74) is -0.0773. The molecule has 0 radical (unpaired) electrons. The molecule has 1 saturated heterocycles. The monoisotopic (exact) mass is 210 g/mol. The van der Waals surface area contributed by atoms with E-state index in [1.165, 1.54) is 12.8 Å². The van der Waals surface area contributed by atoms with E-state index in [0.29, 0.717) is 11.9 Å². The zero-order valence-electron chi connectivity index (χ0n) is 9.88. The number of rotatable bonds is 4. The summed E-state index contributed by atoms with van der Waals surface area (Å²) in [4.78, 5) is 14.4. The van der Waals surface area contributed by atoms with Gasteiger partial charge in [0.15, 0.2) is 0 Å². The third-order valence-corrected chi connectivity index (χ3v) is 3.84. The van der Waals surface area contributed by atoms with Crippen LogP contribution in [0.5, 0.6) is 0 Å². The van der Waals surface area contributed by atoms with Crippen LogP contribution in [0.4, 0.5) is 0 Å². The number of nitrogens with one attached hydrogen (secondary N) is 1. The second-order valence-electron chi connectivity index (χ2n) is 5.10. The van der Waals surface area contributed by atoms with E-state index >= 15 is 0 Å². The Morgan fingerprint density at radius 3 is 2.73 bits per heavy atom. The van der Waals surface area contributed by atoms with Gasteiger partial charge in [0, 0.05) is 19.6 Å². The highest BCUT2D eigenvalue weighted by Crippen LogP contribution is 2.36. The molecule has 1 saturated carbocycles. The molecule has 0 aromatic carbocycles. The zero-order valence-corrected chi connectivity index (χ0v) is 9.88. The van der Waals surface area contributed by atoms with E-state index in [9.17, 15) is 4.79 Å². The normalized spacial score (nSPS) is 30.5. The lowest BCUT2D eigenvalue weighted by Gasteiger charge is -2.31. The van der Waals surface area contributed by atoms with E-state index in [1.807, 2.05) is 11.9 Å². The van der Waals surface area contributed by atoms with E-state index in [0.717, 1.165) is 32.4 Å². The molecule has 1 heterocycles. The Kier molecular flexibility index (Phi) is 3.01. The van der Waals surface area contributed by atoms with Gasteiger partial charge >= 0.3 is 0 Å². The van der Waals surface area contributed by atoms with Crippen molar-refractivity contribution in [3.8, 4) is 0 Å². The third-order valence-electron chi connectivity index (χ3n) is 3.84. The molecule has 0 aromatic heterocycles. The van der Waals surface area contributed by atoms with Crippen LogP contribution in [0.3, 0.4) is 0 Å². The van der Waals surface area contributed by atoms with Crippen molar-refractivity contribution in [2.24, 2.45) is 5.41 Å². The molecule has 0 spiro atoms. The molecule has 1 N–H and O–H groups in total. The van der Waals surface area contributed by atoms with E-state index in [2.05, 4.69) is 12.2 Å². The minimum Gasteiger partial charge on any atom is -0.342 e. The molecule has 2 fully saturated rings. The van der Waals surface area contributed by atoms with Gasteiger partial charge in [0.2, 0.25) is 5.91 Å². The number of hydrogen-bond donors (Lipinski definition) is 1. The molecule has 0 bridgehead atoms. The first-order chi connectivity index (χ1) is 7.19. The van der Waals surface area contributed by atoms with Crippen LogP contribution in [0.15, 0.2) is 0 Å². The fraction of sp³-hybridized carbons (Fsp3) is 0.917. The molecule has 1 amide bonds. The van der Waals surface area contributed by atoms with Crippen molar-refractivity contribution in [2.75, 3.05) is 20.1 Å². The number of amides is 1. The summed E-state index contributed by atoms with van der Waals surface area (Å²) in [6.07, 6.45) is 5.58. The molecule has 15 heavy (non-hydrogen) atoms. The highest BCUT2D eigenvalue weighted by molar-refractivity contribution is 5.83. The maximum Gasteiger partial charge on any atom is 0.230 e. The van der Waals surface area contributed by atoms with Crippen LogP contribution in [-0.2, 0) is 4.79 Å². The van der Waals surface area contributed by atoms with Crippen LogP contribution in [0.25, 0.3) is 0 Å². The molecule has 3 heteroatoms. The average molecular weight is 210 g/mol. The maximum absolute atomic E-state index is 12.4. The van der Waals surface area contributed by atoms with Gasteiger partial charge in [-0.2, -0.15) is 0 Å². The lowest BCUT2D eigenvalue weighted by atomic mass is 9.81. The summed E-state index contributed by atoms with van der Waals surface area (Å²) < 4.78 is 0. The summed E-state index contributed by atoms with van der Waals surface area (Å²) in [6, 6.07) is 0.548. The second-order valence-corrected chi connectivity index (χ2v) is 5.10. The number of nitrogens with zero attached hydrogens (tertiary/aromatic N) is 1. The van der Waals surface area contributed by atoms with Gasteiger partial charge in [0.25, 0.3) is 0 Å². The molecule has 0 aromatic rings. The fourth-order valence-electron chi connectivity index (χ4n) is 2.73. The number of hydrogen-bond acceptors (Lipinski definition) is 2. The SMILES string of the molecule is CCCC1(C(=O)N(C)C2CC2)CCNC1. The minimum absolute atomic E-state index is 0.0773. The molecule has 1 atom stereocenters. The van der Waals surface area contributed by atoms with Crippen LogP contribution in [0.2, 0.25) is 0 Å². The molecular weight excluding hydrogens is 188 g/mol. The first-order valence-corrected chi connectivity index (χ1v) is 6.17. The first-order valence-electron chi connectivity index (χ1n) is 6.17. The highest BCUT2D eigenvalue weighted by atomic mass is 16.2. The van der Waals surface area contributed by atoms with E-state index in [1.54, 1.807) is 0 Å². The van der Waals surface area contributed by atoms with Crippen LogP contribution >= 0.6 is 0 Å². The zero-order chi connectivity index (χ0) is 10.9. The highest BCUT2D eigenvalue weighted by Gasteiger charge is 2.44. The largest absolute Gasteiger partial charge is 0.342 e. The maximum atomic E-state index is 12.4. The molecule has 2 aliphatic rings. The van der Waals surface area contributed by atoms with E-state index < -0.39 is 0 Å². The third kappa shape index (κ3) is 2.03. The average Bonchev–Trinajstić information content (AvgIpc) is 2.98. The quantitative estimate of drug-likeness (QED) is 0.760. The fourth-order valence-corrected chi connectivity index (χ4v) is 2.73. The second kappa shape index (κ2) is 4.12. The predicted octanol–water partition coefficient (Wildman–Crippen LogP) is 1.39. The van der Waals surface area contributed by atoms with Gasteiger partial charge in [-0.15, -0.1) is 0 Å². The van der Waals surface area contributed by atoms with Crippen LogP contribution in [0, 0.1) is 5.41 Å². The van der Waals surface area contributed by atoms with Crippen molar-refractivity contribution < 1.29 is 4.79 Å². The number of carbonyl (C=O) groups excluding carboxylic acids is 1. The lowest BCUT2D eigenvalue weighted by molar-refractivity contribution is -0.140. The van der Waals surface area contributed by atoms with Gasteiger partial charge in [-0.25, -0.2) is 0 Å². The summed E-state index contributed by atoms with van der Waals surface area (Å²) in [7, 11) is 1.98. The van der Waals surface area contributed by atoms with Crippen LogP contribution < -0.4 is 5.32 Å².